The zero-order valence-electron chi connectivity index (χ0n) is 8.23. The number of hydrogen-bond acceptors (Lipinski definition) is 3. The van der Waals surface area contributed by atoms with E-state index in [0.717, 1.165) is 17.1 Å². The Kier molecular flexibility index (Phi) is 2.27. The Morgan fingerprint density at radius 3 is 2.79 bits per heavy atom. The van der Waals surface area contributed by atoms with E-state index >= 15 is 0 Å². The van der Waals surface area contributed by atoms with Gasteiger partial charge in [0, 0.05) is 5.56 Å². The van der Waals surface area contributed by atoms with Gasteiger partial charge in [-0.15, -0.1) is 0 Å². The molecule has 2 aromatic rings. The first-order chi connectivity index (χ1) is 6.75. The van der Waals surface area contributed by atoms with Crippen LogP contribution >= 0.6 is 0 Å². The molecule has 0 bridgehead atoms. The highest BCUT2D eigenvalue weighted by Gasteiger charge is 2.00. The number of aryl methyl sites for hydroxylation is 1. The van der Waals surface area contributed by atoms with Gasteiger partial charge in [-0.1, -0.05) is 23.8 Å². The van der Waals surface area contributed by atoms with Crippen LogP contribution in [0, 0.1) is 6.92 Å². The fraction of sp³-hybridized carbons (Fsp3) is 0.100. The predicted octanol–water partition coefficient (Wildman–Crippen LogP) is 0.105. The Hall–Kier alpha value is -1.71. The van der Waals surface area contributed by atoms with Gasteiger partial charge in [-0.25, -0.2) is 15.0 Å². The molecule has 1 aromatic heterocycles. The Labute approximate surface area is 83.7 Å². The third-order valence-corrected chi connectivity index (χ3v) is 1.97. The summed E-state index contributed by atoms with van der Waals surface area (Å²) in [5.41, 5.74) is 2.99. The van der Waals surface area contributed by atoms with Gasteiger partial charge in [-0.2, -0.15) is 0 Å². The fourth-order valence-electron chi connectivity index (χ4n) is 1.30. The predicted molar refractivity (Wildman–Crippen MR) is 58.2 cm³/mol. The first-order valence-electron chi connectivity index (χ1n) is 4.48. The molecule has 0 saturated carbocycles. The van der Waals surface area contributed by atoms with Crippen LogP contribution in [0.5, 0.6) is 0 Å². The maximum atomic E-state index is 4.26. The summed E-state index contributed by atoms with van der Waals surface area (Å²) in [6, 6.07) is 8.12. The molecule has 68 valence electrons. The van der Waals surface area contributed by atoms with Crippen LogP contribution in [0.25, 0.3) is 11.4 Å². The molecule has 0 saturated heterocycles. The third kappa shape index (κ3) is 1.79. The lowest BCUT2D eigenvalue weighted by atomic mass is 10.1. The van der Waals surface area contributed by atoms with Crippen molar-refractivity contribution in [3.05, 3.63) is 36.2 Å². The first-order valence-corrected chi connectivity index (χ1v) is 4.48. The number of aromatic nitrogens is 3. The van der Waals surface area contributed by atoms with Crippen molar-refractivity contribution in [3.8, 4) is 11.4 Å². The van der Waals surface area contributed by atoms with E-state index < -0.39 is 0 Å². The molecular formula is C10H10BN3. The average Bonchev–Trinajstić information content (AvgIpc) is 2.18. The van der Waals surface area contributed by atoms with Crippen molar-refractivity contribution >= 4 is 13.6 Å². The third-order valence-electron chi connectivity index (χ3n) is 1.97. The van der Waals surface area contributed by atoms with Crippen LogP contribution in [0.3, 0.4) is 0 Å². The lowest BCUT2D eigenvalue weighted by molar-refractivity contribution is 1.10. The highest BCUT2D eigenvalue weighted by molar-refractivity contribution is 6.29. The molecular weight excluding hydrogens is 173 g/mol. The molecule has 3 nitrogen and oxygen atoms in total. The van der Waals surface area contributed by atoms with Gasteiger partial charge in [0.2, 0.25) is 0 Å². The van der Waals surface area contributed by atoms with Crippen LogP contribution in [-0.2, 0) is 0 Å². The molecule has 0 aliphatic heterocycles. The van der Waals surface area contributed by atoms with Gasteiger partial charge in [0.25, 0.3) is 0 Å². The number of benzene rings is 1. The quantitative estimate of drug-likeness (QED) is 0.588. The largest absolute Gasteiger partial charge is 0.233 e. The highest BCUT2D eigenvalue weighted by Crippen LogP contribution is 2.13. The van der Waals surface area contributed by atoms with Gasteiger partial charge in [-0.05, 0) is 13.0 Å². The molecule has 14 heavy (non-hydrogen) atoms. The fourth-order valence-corrected chi connectivity index (χ4v) is 1.30. The summed E-state index contributed by atoms with van der Waals surface area (Å²) in [6.07, 6.45) is 1.54. The van der Waals surface area contributed by atoms with Crippen LogP contribution < -0.4 is 5.72 Å². The van der Waals surface area contributed by atoms with Gasteiger partial charge in [-0.3, -0.25) is 0 Å². The molecule has 2 rings (SSSR count). The molecule has 0 fully saturated rings. The Bertz CT molecular complexity index is 413. The molecule has 0 aliphatic carbocycles. The van der Waals surface area contributed by atoms with Crippen molar-refractivity contribution in [3.63, 3.8) is 0 Å². The van der Waals surface area contributed by atoms with Gasteiger partial charge in [0.1, 0.15) is 6.33 Å². The van der Waals surface area contributed by atoms with Crippen molar-refractivity contribution in [2.24, 2.45) is 0 Å². The monoisotopic (exact) mass is 183 g/mol. The number of rotatable bonds is 1. The van der Waals surface area contributed by atoms with Crippen molar-refractivity contribution in [1.82, 2.24) is 15.0 Å². The summed E-state index contributed by atoms with van der Waals surface area (Å²) in [7, 11) is 1.86. The second-order valence-corrected chi connectivity index (χ2v) is 3.23. The smallest absolute Gasteiger partial charge is 0.189 e. The highest BCUT2D eigenvalue weighted by atomic mass is 15.0. The Morgan fingerprint density at radius 2 is 2.07 bits per heavy atom. The van der Waals surface area contributed by atoms with E-state index in [0.29, 0.717) is 0 Å². The van der Waals surface area contributed by atoms with E-state index in [1.165, 1.54) is 5.56 Å². The van der Waals surface area contributed by atoms with Crippen LogP contribution in [0.1, 0.15) is 5.56 Å². The molecule has 1 aromatic carbocycles. The minimum atomic E-state index is 0.737. The summed E-state index contributed by atoms with van der Waals surface area (Å²) in [5.74, 6) is 0.737. The molecule has 0 N–H and O–H groups in total. The normalized spacial score (nSPS) is 10.1. The molecule has 0 amide bonds. The summed E-state index contributed by atoms with van der Waals surface area (Å²) in [5, 5.41) is 0. The standard InChI is InChI=1S/C10H10BN3/c1-7-3-2-4-8(5-7)9-12-6-13-10(11)14-9/h2-6H,11H2,1H3. The molecule has 4 heteroatoms. The maximum absolute atomic E-state index is 4.26. The zero-order valence-corrected chi connectivity index (χ0v) is 8.23. The van der Waals surface area contributed by atoms with Gasteiger partial charge in [0.15, 0.2) is 13.7 Å². The maximum Gasteiger partial charge on any atom is 0.189 e. The van der Waals surface area contributed by atoms with Gasteiger partial charge in [0.05, 0.1) is 5.72 Å². The SMILES string of the molecule is Bc1ncnc(-c2cccc(C)c2)n1. The second-order valence-electron chi connectivity index (χ2n) is 3.23. The number of hydrogen-bond donors (Lipinski definition) is 0. The summed E-state index contributed by atoms with van der Waals surface area (Å²) in [4.78, 5) is 12.4. The zero-order chi connectivity index (χ0) is 9.97. The van der Waals surface area contributed by atoms with E-state index in [4.69, 9.17) is 0 Å². The van der Waals surface area contributed by atoms with Crippen LogP contribution in [0.15, 0.2) is 30.6 Å². The summed E-state index contributed by atoms with van der Waals surface area (Å²) < 4.78 is 0. The first kappa shape index (κ1) is 8.87. The van der Waals surface area contributed by atoms with Crippen molar-refractivity contribution in [1.29, 1.82) is 0 Å². The minimum absolute atomic E-state index is 0.737. The van der Waals surface area contributed by atoms with E-state index in [-0.39, 0.29) is 0 Å². The molecule has 1 heterocycles. The van der Waals surface area contributed by atoms with E-state index in [9.17, 15) is 0 Å². The van der Waals surface area contributed by atoms with Gasteiger partial charge < -0.3 is 0 Å². The van der Waals surface area contributed by atoms with Gasteiger partial charge >= 0.3 is 0 Å². The van der Waals surface area contributed by atoms with E-state index in [2.05, 4.69) is 34.0 Å². The second kappa shape index (κ2) is 3.58. The van der Waals surface area contributed by atoms with E-state index in [1.54, 1.807) is 6.33 Å². The minimum Gasteiger partial charge on any atom is -0.233 e. The van der Waals surface area contributed by atoms with Crippen molar-refractivity contribution < 1.29 is 0 Å². The molecule has 0 radical (unpaired) electrons. The van der Waals surface area contributed by atoms with Crippen LogP contribution in [0.4, 0.5) is 0 Å². The Balaban J connectivity index is 2.49. The topological polar surface area (TPSA) is 38.7 Å². The lowest BCUT2D eigenvalue weighted by Crippen LogP contribution is -2.14. The number of nitrogens with zero attached hydrogens (tertiary/aromatic N) is 3. The average molecular weight is 183 g/mol. The molecule has 0 atom stereocenters. The van der Waals surface area contributed by atoms with Crippen molar-refractivity contribution in [2.75, 3.05) is 0 Å². The molecule has 0 spiro atoms. The van der Waals surface area contributed by atoms with Crippen LogP contribution in [0.2, 0.25) is 0 Å². The van der Waals surface area contributed by atoms with E-state index in [1.807, 2.05) is 20.0 Å². The summed E-state index contributed by atoms with van der Waals surface area (Å²) >= 11 is 0. The summed E-state index contributed by atoms with van der Waals surface area (Å²) in [6.45, 7) is 2.05. The van der Waals surface area contributed by atoms with Crippen LogP contribution in [-0.4, -0.2) is 22.8 Å². The lowest BCUT2D eigenvalue weighted by Gasteiger charge is -2.00. The Morgan fingerprint density at radius 1 is 1.21 bits per heavy atom. The molecule has 0 unspecified atom stereocenters. The molecule has 0 aliphatic rings. The van der Waals surface area contributed by atoms with Crippen molar-refractivity contribution in [2.45, 2.75) is 6.92 Å².